The predicted molar refractivity (Wildman–Crippen MR) is 136 cm³/mol. The lowest BCUT2D eigenvalue weighted by Crippen LogP contribution is -2.28. The summed E-state index contributed by atoms with van der Waals surface area (Å²) in [4.78, 5) is 17.1. The Kier molecular flexibility index (Phi) is 8.03. The van der Waals surface area contributed by atoms with Crippen LogP contribution < -0.4 is 15.4 Å². The van der Waals surface area contributed by atoms with E-state index in [-0.39, 0.29) is 15.4 Å². The highest BCUT2D eigenvalue weighted by Gasteiger charge is 2.15. The molecule has 0 radical (unpaired) electrons. The molecule has 1 amide bonds. The molecule has 166 valence electrons. The van der Waals surface area contributed by atoms with Crippen molar-refractivity contribution in [3.05, 3.63) is 52.9 Å². The smallest absolute Gasteiger partial charge is 0.280 e. The summed E-state index contributed by atoms with van der Waals surface area (Å²) < 4.78 is 5.52. The summed E-state index contributed by atoms with van der Waals surface area (Å²) in [5.74, 6) is 1.07. The maximum absolute atomic E-state index is 12.5. The number of nitrogens with one attached hydrogen (secondary N) is 2. The molecule has 0 bridgehead atoms. The van der Waals surface area contributed by atoms with Crippen molar-refractivity contribution in [1.29, 1.82) is 5.26 Å². The van der Waals surface area contributed by atoms with Crippen LogP contribution in [0.25, 0.3) is 22.0 Å². The van der Waals surface area contributed by atoms with E-state index >= 15 is 0 Å². The number of anilines is 1. The lowest BCUT2D eigenvalue weighted by Gasteiger charge is -2.14. The minimum atomic E-state index is -0.120. The lowest BCUT2D eigenvalue weighted by molar-refractivity contribution is 0.0948. The van der Waals surface area contributed by atoms with E-state index in [0.29, 0.717) is 35.3 Å². The summed E-state index contributed by atoms with van der Waals surface area (Å²) in [6.45, 7) is 9.21. The minimum absolute atomic E-state index is 0.00693. The Hall–Kier alpha value is -3.15. The highest BCUT2D eigenvalue weighted by atomic mass is 32.1. The molecule has 32 heavy (non-hydrogen) atoms. The van der Waals surface area contributed by atoms with Crippen molar-refractivity contribution in [2.75, 3.05) is 25.5 Å². The van der Waals surface area contributed by atoms with Gasteiger partial charge in [-0.3, -0.25) is 4.79 Å². The molecule has 0 fully saturated rings. The van der Waals surface area contributed by atoms with Crippen molar-refractivity contribution in [3.63, 3.8) is 0 Å². The number of hydrogen-bond acceptors (Lipinski definition) is 6. The van der Waals surface area contributed by atoms with Gasteiger partial charge >= 0.3 is 0 Å². The maximum Gasteiger partial charge on any atom is 0.280 e. The first kappa shape index (κ1) is 23.5. The SMILES string of the molecule is C=C(C#N)CNc1c(OC)ccc2ccc(-c3csc(C(=O)NCC(C)C[SiH2]C)n3)cc12. The van der Waals surface area contributed by atoms with Crippen LogP contribution in [-0.4, -0.2) is 40.6 Å². The van der Waals surface area contributed by atoms with Gasteiger partial charge < -0.3 is 15.4 Å². The van der Waals surface area contributed by atoms with E-state index in [1.807, 2.05) is 35.7 Å². The normalized spacial score (nSPS) is 11.9. The molecule has 0 aliphatic carbocycles. The van der Waals surface area contributed by atoms with Gasteiger partial charge in [0.2, 0.25) is 0 Å². The number of fused-ring (bicyclic) bond motifs is 1. The summed E-state index contributed by atoms with van der Waals surface area (Å²) in [5.41, 5.74) is 2.90. The summed E-state index contributed by atoms with van der Waals surface area (Å²) in [6, 6.07) is 13.2. The highest BCUT2D eigenvalue weighted by molar-refractivity contribution is 7.12. The molecule has 0 aliphatic heterocycles. The Bertz CT molecular complexity index is 1170. The van der Waals surface area contributed by atoms with Gasteiger partial charge in [0.05, 0.1) is 24.6 Å². The molecule has 0 spiro atoms. The third-order valence-electron chi connectivity index (χ3n) is 5.23. The third kappa shape index (κ3) is 5.55. The van der Waals surface area contributed by atoms with Gasteiger partial charge in [-0.25, -0.2) is 4.98 Å². The number of methoxy groups -OCH3 is 1. The van der Waals surface area contributed by atoms with Gasteiger partial charge in [-0.2, -0.15) is 5.26 Å². The fourth-order valence-corrected chi connectivity index (χ4v) is 5.43. The predicted octanol–water partition coefficient (Wildman–Crippen LogP) is 4.46. The molecule has 1 atom stereocenters. The molecular weight excluding hydrogens is 436 g/mol. The van der Waals surface area contributed by atoms with Gasteiger partial charge in [-0.15, -0.1) is 11.3 Å². The van der Waals surface area contributed by atoms with Crippen molar-refractivity contribution in [2.24, 2.45) is 5.92 Å². The second-order valence-corrected chi connectivity index (χ2v) is 10.2. The molecule has 2 aromatic carbocycles. The van der Waals surface area contributed by atoms with Crippen LogP contribution in [0, 0.1) is 17.2 Å². The number of carbonyl (C=O) groups excluding carboxylic acids is 1. The zero-order valence-corrected chi connectivity index (χ0v) is 20.9. The Labute approximate surface area is 195 Å². The first-order chi connectivity index (χ1) is 15.5. The number of nitriles is 1. The van der Waals surface area contributed by atoms with E-state index in [1.54, 1.807) is 7.11 Å². The van der Waals surface area contributed by atoms with Gasteiger partial charge in [0.25, 0.3) is 5.91 Å². The average Bonchev–Trinajstić information content (AvgIpc) is 3.31. The summed E-state index contributed by atoms with van der Waals surface area (Å²) in [6.07, 6.45) is 0. The standard InChI is InChI=1S/C24H28N4O2SSi/c1-15(10-25)11-26-22-19-9-18(6-5-17(19)7-8-21(22)30-3)20-13-31-24(28-20)23(29)27-12-16(2)14-32-4/h5-9,13,16,26H,1,11-12,14,32H2,2-4H3,(H,27,29). The fraction of sp³-hybridized carbons (Fsp3) is 0.292. The van der Waals surface area contributed by atoms with Crippen LogP contribution in [0.1, 0.15) is 16.7 Å². The number of nitrogens with zero attached hydrogens (tertiary/aromatic N) is 2. The number of hydrogen-bond donors (Lipinski definition) is 2. The van der Waals surface area contributed by atoms with Gasteiger partial charge in [0.1, 0.15) is 5.75 Å². The van der Waals surface area contributed by atoms with Crippen molar-refractivity contribution >= 4 is 43.2 Å². The van der Waals surface area contributed by atoms with Crippen LogP contribution in [0.4, 0.5) is 5.69 Å². The number of thiazole rings is 1. The van der Waals surface area contributed by atoms with Gasteiger partial charge in [0.15, 0.2) is 5.01 Å². The second kappa shape index (κ2) is 10.9. The number of carbonyl (C=O) groups is 1. The highest BCUT2D eigenvalue weighted by Crippen LogP contribution is 2.36. The monoisotopic (exact) mass is 464 g/mol. The van der Waals surface area contributed by atoms with Crippen molar-refractivity contribution in [2.45, 2.75) is 19.5 Å². The lowest BCUT2D eigenvalue weighted by atomic mass is 10.0. The Morgan fingerprint density at radius 2 is 2.16 bits per heavy atom. The Balaban J connectivity index is 1.87. The van der Waals surface area contributed by atoms with E-state index in [9.17, 15) is 4.79 Å². The molecule has 2 N–H and O–H groups in total. The zero-order chi connectivity index (χ0) is 23.1. The van der Waals surface area contributed by atoms with Gasteiger partial charge in [-0.05, 0) is 23.4 Å². The van der Waals surface area contributed by atoms with E-state index in [1.165, 1.54) is 17.4 Å². The topological polar surface area (TPSA) is 87.0 Å². The van der Waals surface area contributed by atoms with Crippen LogP contribution in [-0.2, 0) is 0 Å². The zero-order valence-electron chi connectivity index (χ0n) is 18.7. The molecule has 1 unspecified atom stereocenters. The summed E-state index contributed by atoms with van der Waals surface area (Å²) in [7, 11) is 1.61. The van der Waals surface area contributed by atoms with E-state index in [2.05, 4.69) is 41.7 Å². The Morgan fingerprint density at radius 3 is 2.88 bits per heavy atom. The molecule has 6 nitrogen and oxygen atoms in total. The number of benzene rings is 2. The average molecular weight is 465 g/mol. The largest absolute Gasteiger partial charge is 0.495 e. The Morgan fingerprint density at radius 1 is 1.38 bits per heavy atom. The van der Waals surface area contributed by atoms with E-state index < -0.39 is 0 Å². The van der Waals surface area contributed by atoms with E-state index in [4.69, 9.17) is 10.00 Å². The van der Waals surface area contributed by atoms with Crippen LogP contribution in [0.15, 0.2) is 47.9 Å². The molecule has 0 saturated heterocycles. The van der Waals surface area contributed by atoms with E-state index in [0.717, 1.165) is 27.7 Å². The summed E-state index contributed by atoms with van der Waals surface area (Å²) >= 11 is 1.35. The number of aromatic nitrogens is 1. The molecule has 3 rings (SSSR count). The van der Waals surface area contributed by atoms with Gasteiger partial charge in [-0.1, -0.05) is 44.3 Å². The van der Waals surface area contributed by atoms with Crippen LogP contribution in [0.5, 0.6) is 5.75 Å². The maximum atomic E-state index is 12.5. The second-order valence-electron chi connectivity index (χ2n) is 7.79. The van der Waals surface area contributed by atoms with Crippen molar-refractivity contribution in [1.82, 2.24) is 10.3 Å². The van der Waals surface area contributed by atoms with Gasteiger partial charge in [0, 0.05) is 44.5 Å². The van der Waals surface area contributed by atoms with Crippen LogP contribution in [0.2, 0.25) is 12.6 Å². The van der Waals surface area contributed by atoms with Crippen molar-refractivity contribution < 1.29 is 9.53 Å². The van der Waals surface area contributed by atoms with Crippen LogP contribution in [0.3, 0.4) is 0 Å². The minimum Gasteiger partial charge on any atom is -0.495 e. The number of amides is 1. The first-order valence-electron chi connectivity index (χ1n) is 10.6. The van der Waals surface area contributed by atoms with Crippen LogP contribution >= 0.6 is 11.3 Å². The molecule has 3 aromatic rings. The molecule has 0 saturated carbocycles. The summed E-state index contributed by atoms with van der Waals surface area (Å²) in [5, 5.41) is 19.7. The number of rotatable bonds is 10. The first-order valence-corrected chi connectivity index (χ1v) is 13.9. The molecule has 8 heteroatoms. The number of ether oxygens (including phenoxy) is 1. The molecule has 1 heterocycles. The molecule has 1 aromatic heterocycles. The quantitative estimate of drug-likeness (QED) is 0.342. The molecular formula is C24H28N4O2SSi. The third-order valence-corrected chi connectivity index (χ3v) is 7.63. The van der Waals surface area contributed by atoms with Crippen molar-refractivity contribution in [3.8, 4) is 23.1 Å². The fourth-order valence-electron chi connectivity index (χ4n) is 3.49. The molecule has 0 aliphatic rings.